The third-order valence-electron chi connectivity index (χ3n) is 8.53. The van der Waals surface area contributed by atoms with Crippen molar-refractivity contribution in [3.63, 3.8) is 0 Å². The highest BCUT2D eigenvalue weighted by atomic mass is 35.5. The summed E-state index contributed by atoms with van der Waals surface area (Å²) in [5, 5.41) is 2.48. The van der Waals surface area contributed by atoms with E-state index >= 15 is 4.39 Å². The van der Waals surface area contributed by atoms with Crippen LogP contribution in [0.1, 0.15) is 34.8 Å². The summed E-state index contributed by atoms with van der Waals surface area (Å²) in [6.45, 7) is 2.41. The molecular weight excluding hydrogens is 567 g/mol. The van der Waals surface area contributed by atoms with E-state index in [1.807, 2.05) is 17.4 Å². The van der Waals surface area contributed by atoms with Gasteiger partial charge in [-0.3, -0.25) is 9.89 Å². The first-order chi connectivity index (χ1) is 20.9. The third-order valence-corrected chi connectivity index (χ3v) is 8.76. The van der Waals surface area contributed by atoms with Crippen LogP contribution in [0, 0.1) is 5.82 Å². The molecule has 3 atom stereocenters. The minimum atomic E-state index is -0.417. The molecule has 8 nitrogen and oxygen atoms in total. The number of aromatic nitrogens is 2. The Bertz CT molecular complexity index is 1710. The molecule has 10 heteroatoms. The van der Waals surface area contributed by atoms with Crippen molar-refractivity contribution in [2.24, 2.45) is 4.99 Å². The summed E-state index contributed by atoms with van der Waals surface area (Å²) in [7, 11) is 5.81. The first-order valence-electron chi connectivity index (χ1n) is 14.4. The molecule has 0 aliphatic carbocycles. The fraction of sp³-hybridized carbons (Fsp3) is 0.303. The molecule has 3 aliphatic heterocycles. The minimum Gasteiger partial charge on any atom is -0.496 e. The Morgan fingerprint density at radius 3 is 2.70 bits per heavy atom. The molecule has 4 heterocycles. The topological polar surface area (TPSA) is 83.0 Å². The molecule has 3 unspecified atom stereocenters. The first-order valence-corrected chi connectivity index (χ1v) is 14.8. The molecule has 3 aliphatic rings. The second-order valence-corrected chi connectivity index (χ2v) is 11.9. The van der Waals surface area contributed by atoms with E-state index in [0.717, 1.165) is 35.6 Å². The van der Waals surface area contributed by atoms with Crippen molar-refractivity contribution in [3.05, 3.63) is 100.0 Å². The summed E-state index contributed by atoms with van der Waals surface area (Å²) < 4.78 is 26.7. The average molecular weight is 600 g/mol. The molecule has 7 rings (SSSR count). The van der Waals surface area contributed by atoms with Crippen LogP contribution in [0.15, 0.2) is 71.9 Å². The summed E-state index contributed by atoms with van der Waals surface area (Å²) in [6.07, 6.45) is 3.25. The molecule has 4 aromatic rings. The number of benzene rings is 3. The normalized spacial score (nSPS) is 21.3. The van der Waals surface area contributed by atoms with Crippen molar-refractivity contribution in [2.75, 3.05) is 34.3 Å². The quantitative estimate of drug-likeness (QED) is 0.241. The summed E-state index contributed by atoms with van der Waals surface area (Å²) in [6, 6.07) is 19.3. The molecule has 0 spiro atoms. The highest BCUT2D eigenvalue weighted by Crippen LogP contribution is 2.42. The number of epoxide rings is 1. The fourth-order valence-electron chi connectivity index (χ4n) is 6.10. The van der Waals surface area contributed by atoms with Gasteiger partial charge in [-0.1, -0.05) is 35.9 Å². The Balaban J connectivity index is 1.13. The van der Waals surface area contributed by atoms with Crippen LogP contribution in [0.25, 0.3) is 11.3 Å². The van der Waals surface area contributed by atoms with Crippen LogP contribution in [0.5, 0.6) is 5.75 Å². The molecule has 2 saturated heterocycles. The predicted molar refractivity (Wildman–Crippen MR) is 164 cm³/mol. The van der Waals surface area contributed by atoms with E-state index in [9.17, 15) is 0 Å². The Kier molecular flexibility index (Phi) is 7.44. The monoisotopic (exact) mass is 599 g/mol. The molecule has 0 radical (unpaired) electrons. The van der Waals surface area contributed by atoms with Crippen LogP contribution in [0.4, 0.5) is 16.0 Å². The molecule has 220 valence electrons. The largest absolute Gasteiger partial charge is 0.496 e. The van der Waals surface area contributed by atoms with Crippen LogP contribution >= 0.6 is 11.6 Å². The zero-order chi connectivity index (χ0) is 29.7. The van der Waals surface area contributed by atoms with Gasteiger partial charge in [0, 0.05) is 47.0 Å². The number of hydrogen-bond acceptors (Lipinski definition) is 7. The molecule has 0 bridgehead atoms. The number of methoxy groups -OCH3 is 1. The number of fused-ring (bicyclic) bond motifs is 3. The number of nitrogens with two attached hydrogens (primary N) is 1. The van der Waals surface area contributed by atoms with Crippen molar-refractivity contribution in [2.45, 2.75) is 31.3 Å². The van der Waals surface area contributed by atoms with E-state index < -0.39 is 5.82 Å². The van der Waals surface area contributed by atoms with Gasteiger partial charge in [0.15, 0.2) is 0 Å². The SMILES string of the molecule is COc1cccc(F)c1C1=NCc2cnc([NH2+]c3ccc(C4OC4N4CCC(N(C)C)C4)cc3)nc2-c2ccc(Cl)cc21. The highest BCUT2D eigenvalue weighted by Gasteiger charge is 2.47. The zero-order valence-corrected chi connectivity index (χ0v) is 25.1. The molecule has 2 fully saturated rings. The second-order valence-electron chi connectivity index (χ2n) is 11.4. The Labute approximate surface area is 255 Å². The van der Waals surface area contributed by atoms with E-state index in [4.69, 9.17) is 31.1 Å². The number of ether oxygens (including phenoxy) is 2. The molecule has 0 saturated carbocycles. The van der Waals surface area contributed by atoms with Gasteiger partial charge >= 0.3 is 5.95 Å². The maximum absolute atomic E-state index is 15.2. The number of rotatable bonds is 7. The van der Waals surface area contributed by atoms with Gasteiger partial charge < -0.3 is 14.4 Å². The maximum atomic E-state index is 15.2. The number of aliphatic imine (C=N–C) groups is 1. The first kappa shape index (κ1) is 28.1. The molecule has 1 aromatic heterocycles. The molecular formula is C33H33ClFN6O2+. The third kappa shape index (κ3) is 5.43. The van der Waals surface area contributed by atoms with E-state index in [2.05, 4.69) is 53.1 Å². The van der Waals surface area contributed by atoms with Crippen molar-refractivity contribution >= 4 is 28.9 Å². The average Bonchev–Trinajstić information content (AvgIpc) is 3.68. The lowest BCUT2D eigenvalue weighted by molar-refractivity contribution is -0.487. The van der Waals surface area contributed by atoms with Crippen LogP contribution in [-0.4, -0.2) is 72.0 Å². The van der Waals surface area contributed by atoms with Gasteiger partial charge in [-0.2, -0.15) is 9.97 Å². The van der Waals surface area contributed by atoms with Crippen molar-refractivity contribution in [1.82, 2.24) is 19.8 Å². The van der Waals surface area contributed by atoms with Crippen LogP contribution in [0.3, 0.4) is 0 Å². The van der Waals surface area contributed by atoms with Gasteiger partial charge in [0.2, 0.25) is 0 Å². The van der Waals surface area contributed by atoms with Crippen molar-refractivity contribution < 1.29 is 19.2 Å². The van der Waals surface area contributed by atoms with E-state index in [1.54, 1.807) is 24.4 Å². The summed E-state index contributed by atoms with van der Waals surface area (Å²) in [5.41, 5.74) is 6.03. The number of hydrogen-bond donors (Lipinski definition) is 1. The number of halogens is 2. The Morgan fingerprint density at radius 2 is 1.93 bits per heavy atom. The molecule has 2 N–H and O–H groups in total. The van der Waals surface area contributed by atoms with Crippen molar-refractivity contribution in [3.8, 4) is 17.0 Å². The number of likely N-dealkylation sites (tertiary alicyclic amines) is 1. The Morgan fingerprint density at radius 1 is 1.09 bits per heavy atom. The maximum Gasteiger partial charge on any atom is 0.331 e. The Hall–Kier alpha value is -3.73. The lowest BCUT2D eigenvalue weighted by Crippen LogP contribution is -2.72. The van der Waals surface area contributed by atoms with Crippen molar-refractivity contribution in [1.29, 1.82) is 0 Å². The standard InChI is InChI=1S/C33H32ClFN6O2/c1-40(2)23-13-14-41(18-23)32-31(43-32)19-7-10-22(11-8-19)38-33-37-17-20-16-36-30(28-26(35)5-4-6-27(28)42-3)25-15-21(34)9-12-24(25)29(20)39-33/h4-12,15,17,23,31-32H,13-14,16,18H2,1-3H3,(H,37,38,39)/p+1. The summed E-state index contributed by atoms with van der Waals surface area (Å²) >= 11 is 6.43. The van der Waals surface area contributed by atoms with E-state index in [1.165, 1.54) is 25.2 Å². The fourth-order valence-corrected chi connectivity index (χ4v) is 6.27. The van der Waals surface area contributed by atoms with Gasteiger partial charge in [0.1, 0.15) is 29.6 Å². The molecule has 0 amide bonds. The van der Waals surface area contributed by atoms with Gasteiger partial charge in [-0.05, 0) is 62.5 Å². The van der Waals surface area contributed by atoms with Gasteiger partial charge in [0.25, 0.3) is 0 Å². The zero-order valence-electron chi connectivity index (χ0n) is 24.3. The molecule has 3 aromatic carbocycles. The van der Waals surface area contributed by atoms with Gasteiger partial charge in [0.05, 0.1) is 30.6 Å². The van der Waals surface area contributed by atoms with Crippen LogP contribution < -0.4 is 10.1 Å². The van der Waals surface area contributed by atoms with Gasteiger partial charge in [-0.15, -0.1) is 0 Å². The summed E-state index contributed by atoms with van der Waals surface area (Å²) in [4.78, 5) is 19.1. The number of nitrogens with zero attached hydrogens (tertiary/aromatic N) is 5. The van der Waals surface area contributed by atoms with Gasteiger partial charge in [-0.25, -0.2) is 9.71 Å². The lowest BCUT2D eigenvalue weighted by Gasteiger charge is -2.19. The molecule has 43 heavy (non-hydrogen) atoms. The smallest absolute Gasteiger partial charge is 0.331 e. The number of quaternary nitrogens is 1. The minimum absolute atomic E-state index is 0.115. The van der Waals surface area contributed by atoms with Crippen LogP contribution in [0.2, 0.25) is 5.02 Å². The predicted octanol–water partition coefficient (Wildman–Crippen LogP) is 4.86. The van der Waals surface area contributed by atoms with E-state index in [0.29, 0.717) is 39.6 Å². The second kappa shape index (κ2) is 11.4. The summed E-state index contributed by atoms with van der Waals surface area (Å²) in [5.74, 6) is 0.562. The van der Waals surface area contributed by atoms with E-state index in [-0.39, 0.29) is 18.9 Å². The van der Waals surface area contributed by atoms with Crippen LogP contribution in [-0.2, 0) is 11.3 Å². The lowest BCUT2D eigenvalue weighted by atomic mass is 9.94. The number of likely N-dealkylation sites (N-methyl/N-ethyl adjacent to an activating group) is 1. The highest BCUT2D eigenvalue weighted by molar-refractivity contribution is 6.31.